The van der Waals surface area contributed by atoms with Gasteiger partial charge < -0.3 is 20.1 Å². The number of aromatic carboxylic acids is 1. The molecule has 1 aromatic carbocycles. The van der Waals surface area contributed by atoms with Crippen LogP contribution in [0.4, 0.5) is 0 Å². The van der Waals surface area contributed by atoms with Gasteiger partial charge in [0.25, 0.3) is 0 Å². The van der Waals surface area contributed by atoms with E-state index >= 15 is 0 Å². The molecular weight excluding hydrogens is 256 g/mol. The van der Waals surface area contributed by atoms with Crippen molar-refractivity contribution in [2.45, 2.75) is 18.6 Å². The summed E-state index contributed by atoms with van der Waals surface area (Å²) in [5, 5.41) is 28.7. The summed E-state index contributed by atoms with van der Waals surface area (Å²) in [5.41, 5.74) is 0.0812. The average Bonchev–Trinajstić information content (AvgIpc) is 2.37. The van der Waals surface area contributed by atoms with Gasteiger partial charge in [-0.3, -0.25) is 0 Å². The van der Waals surface area contributed by atoms with Gasteiger partial charge >= 0.3 is 5.97 Å². The maximum atomic E-state index is 11.1. The van der Waals surface area contributed by atoms with Crippen LogP contribution in [0.2, 0.25) is 0 Å². The third kappa shape index (κ3) is 3.38. The second-order valence-electron chi connectivity index (χ2n) is 3.78. The van der Waals surface area contributed by atoms with Crippen LogP contribution < -0.4 is 4.74 Å². The zero-order valence-electron chi connectivity index (χ0n) is 9.91. The molecule has 6 heteroatoms. The SMILES string of the molecule is COc1ccc(C(O)C(O)CCS)c(C(=O)O)c1. The molecule has 0 aliphatic carbocycles. The van der Waals surface area contributed by atoms with E-state index in [9.17, 15) is 15.0 Å². The third-order valence-corrected chi connectivity index (χ3v) is 2.86. The molecule has 0 aliphatic heterocycles. The fourth-order valence-electron chi connectivity index (χ4n) is 1.60. The van der Waals surface area contributed by atoms with Crippen molar-refractivity contribution < 1.29 is 24.9 Å². The van der Waals surface area contributed by atoms with Gasteiger partial charge in [-0.1, -0.05) is 6.07 Å². The summed E-state index contributed by atoms with van der Waals surface area (Å²) in [6.07, 6.45) is -2.03. The highest BCUT2D eigenvalue weighted by molar-refractivity contribution is 7.80. The highest BCUT2D eigenvalue weighted by Gasteiger charge is 2.23. The molecule has 0 aromatic heterocycles. The first kappa shape index (κ1) is 14.8. The summed E-state index contributed by atoms with van der Waals surface area (Å²) >= 11 is 3.96. The van der Waals surface area contributed by atoms with Crippen molar-refractivity contribution in [1.82, 2.24) is 0 Å². The second-order valence-corrected chi connectivity index (χ2v) is 4.23. The average molecular weight is 272 g/mol. The van der Waals surface area contributed by atoms with Crippen molar-refractivity contribution in [2.75, 3.05) is 12.9 Å². The number of carboxylic acid groups (broad SMARTS) is 1. The number of hydrogen-bond donors (Lipinski definition) is 4. The summed E-state index contributed by atoms with van der Waals surface area (Å²) < 4.78 is 4.93. The number of carbonyl (C=O) groups is 1. The predicted octanol–water partition coefficient (Wildman–Crippen LogP) is 1.11. The molecule has 0 saturated carbocycles. The van der Waals surface area contributed by atoms with Crippen molar-refractivity contribution in [1.29, 1.82) is 0 Å². The molecule has 0 heterocycles. The number of aliphatic hydroxyl groups is 2. The lowest BCUT2D eigenvalue weighted by molar-refractivity contribution is 0.0162. The number of aliphatic hydroxyl groups excluding tert-OH is 2. The van der Waals surface area contributed by atoms with Crippen molar-refractivity contribution in [3.8, 4) is 5.75 Å². The van der Waals surface area contributed by atoms with Gasteiger partial charge in [-0.05, 0) is 29.9 Å². The Morgan fingerprint density at radius 3 is 2.61 bits per heavy atom. The largest absolute Gasteiger partial charge is 0.497 e. The summed E-state index contributed by atoms with van der Waals surface area (Å²) in [6, 6.07) is 4.29. The van der Waals surface area contributed by atoms with Gasteiger partial charge in [-0.25, -0.2) is 4.79 Å². The van der Waals surface area contributed by atoms with E-state index in [1.807, 2.05) is 0 Å². The molecule has 1 rings (SSSR count). The summed E-state index contributed by atoms with van der Waals surface area (Å²) in [4.78, 5) is 11.1. The van der Waals surface area contributed by atoms with Gasteiger partial charge in [0.05, 0.1) is 18.8 Å². The van der Waals surface area contributed by atoms with E-state index in [0.717, 1.165) is 0 Å². The lowest BCUT2D eigenvalue weighted by Crippen LogP contribution is -2.21. The van der Waals surface area contributed by atoms with E-state index in [-0.39, 0.29) is 17.5 Å². The molecular formula is C12H16O5S. The quantitative estimate of drug-likeness (QED) is 0.583. The number of hydrogen-bond acceptors (Lipinski definition) is 5. The molecule has 1 aromatic rings. The monoisotopic (exact) mass is 272 g/mol. The first-order valence-electron chi connectivity index (χ1n) is 5.39. The first-order chi connectivity index (χ1) is 8.51. The van der Waals surface area contributed by atoms with E-state index in [1.54, 1.807) is 6.07 Å². The summed E-state index contributed by atoms with van der Waals surface area (Å²) in [5.74, 6) is -0.399. The molecule has 18 heavy (non-hydrogen) atoms. The fourth-order valence-corrected chi connectivity index (χ4v) is 1.87. The van der Waals surface area contributed by atoms with E-state index in [0.29, 0.717) is 11.5 Å². The van der Waals surface area contributed by atoms with Crippen LogP contribution in [-0.4, -0.2) is 40.3 Å². The highest BCUT2D eigenvalue weighted by atomic mass is 32.1. The number of ether oxygens (including phenoxy) is 1. The van der Waals surface area contributed by atoms with Crippen molar-refractivity contribution in [2.24, 2.45) is 0 Å². The lowest BCUT2D eigenvalue weighted by Gasteiger charge is -2.19. The minimum Gasteiger partial charge on any atom is -0.497 e. The van der Waals surface area contributed by atoms with E-state index < -0.39 is 18.2 Å². The molecule has 3 N–H and O–H groups in total. The standard InChI is InChI=1S/C12H16O5S/c1-17-7-2-3-8(9(6-7)12(15)16)11(14)10(13)4-5-18/h2-3,6,10-11,13-14,18H,4-5H2,1H3,(H,15,16). The fraction of sp³-hybridized carbons (Fsp3) is 0.417. The van der Waals surface area contributed by atoms with E-state index in [4.69, 9.17) is 9.84 Å². The molecule has 2 unspecified atom stereocenters. The van der Waals surface area contributed by atoms with Gasteiger partial charge in [0.15, 0.2) is 0 Å². The van der Waals surface area contributed by atoms with Crippen LogP contribution in [0, 0.1) is 0 Å². The number of benzene rings is 1. The van der Waals surface area contributed by atoms with Gasteiger partial charge in [0.1, 0.15) is 11.9 Å². The van der Waals surface area contributed by atoms with Crippen molar-refractivity contribution in [3.63, 3.8) is 0 Å². The molecule has 5 nitrogen and oxygen atoms in total. The Labute approximate surface area is 110 Å². The van der Waals surface area contributed by atoms with Gasteiger partial charge in [0.2, 0.25) is 0 Å². The van der Waals surface area contributed by atoms with Gasteiger partial charge in [-0.2, -0.15) is 12.6 Å². The Hall–Kier alpha value is -1.24. The summed E-state index contributed by atoms with van der Waals surface area (Å²) in [6.45, 7) is 0. The van der Waals surface area contributed by atoms with Gasteiger partial charge in [0, 0.05) is 0 Å². The lowest BCUT2D eigenvalue weighted by atomic mass is 9.97. The molecule has 2 atom stereocenters. The zero-order chi connectivity index (χ0) is 13.7. The predicted molar refractivity (Wildman–Crippen MR) is 69.4 cm³/mol. The highest BCUT2D eigenvalue weighted by Crippen LogP contribution is 2.26. The Bertz CT molecular complexity index is 421. The van der Waals surface area contributed by atoms with Crippen LogP contribution in [0.5, 0.6) is 5.75 Å². The van der Waals surface area contributed by atoms with Crippen LogP contribution in [0.1, 0.15) is 28.4 Å². The Morgan fingerprint density at radius 1 is 1.44 bits per heavy atom. The van der Waals surface area contributed by atoms with E-state index in [2.05, 4.69) is 12.6 Å². The van der Waals surface area contributed by atoms with Crippen LogP contribution in [0.3, 0.4) is 0 Å². The van der Waals surface area contributed by atoms with Crippen LogP contribution in [0.15, 0.2) is 18.2 Å². The molecule has 0 aliphatic rings. The molecule has 0 amide bonds. The van der Waals surface area contributed by atoms with Crippen molar-refractivity contribution >= 4 is 18.6 Å². The molecule has 0 spiro atoms. The zero-order valence-corrected chi connectivity index (χ0v) is 10.8. The second kappa shape index (κ2) is 6.63. The van der Waals surface area contributed by atoms with E-state index in [1.165, 1.54) is 19.2 Å². The number of carboxylic acids is 1. The topological polar surface area (TPSA) is 87.0 Å². The Morgan fingerprint density at radius 2 is 2.11 bits per heavy atom. The minimum atomic E-state index is -1.26. The maximum absolute atomic E-state index is 11.1. The third-order valence-electron chi connectivity index (χ3n) is 2.60. The number of rotatable bonds is 6. The molecule has 0 saturated heterocycles. The Balaban J connectivity index is 3.10. The number of thiol groups is 1. The molecule has 100 valence electrons. The molecule has 0 fully saturated rings. The van der Waals surface area contributed by atoms with Crippen LogP contribution in [0.25, 0.3) is 0 Å². The van der Waals surface area contributed by atoms with Crippen LogP contribution in [-0.2, 0) is 0 Å². The normalized spacial score (nSPS) is 14.0. The summed E-state index contributed by atoms with van der Waals surface area (Å²) in [7, 11) is 1.42. The molecule has 0 radical (unpaired) electrons. The number of methoxy groups -OCH3 is 1. The molecule has 0 bridgehead atoms. The first-order valence-corrected chi connectivity index (χ1v) is 6.02. The smallest absolute Gasteiger partial charge is 0.336 e. The Kier molecular flexibility index (Phi) is 5.46. The van der Waals surface area contributed by atoms with Crippen molar-refractivity contribution in [3.05, 3.63) is 29.3 Å². The minimum absolute atomic E-state index is 0.0833. The maximum Gasteiger partial charge on any atom is 0.336 e. The van der Waals surface area contributed by atoms with Crippen LogP contribution >= 0.6 is 12.6 Å². The van der Waals surface area contributed by atoms with Gasteiger partial charge in [-0.15, -0.1) is 0 Å².